The third-order valence-corrected chi connectivity index (χ3v) is 6.82. The van der Waals surface area contributed by atoms with Crippen molar-refractivity contribution in [1.29, 1.82) is 0 Å². The Morgan fingerprint density at radius 1 is 0.459 bits per heavy atom. The molecule has 3 aromatic carbocycles. The number of para-hydroxylation sites is 3. The van der Waals surface area contributed by atoms with Crippen LogP contribution in [0.15, 0.2) is 91.0 Å². The molecule has 0 fully saturated rings. The highest BCUT2D eigenvalue weighted by Crippen LogP contribution is 2.37. The van der Waals surface area contributed by atoms with E-state index in [1.807, 2.05) is 91.0 Å². The number of hydrogen-bond acceptors (Lipinski definition) is 3. The molecule has 0 N–H and O–H groups in total. The molecule has 3 nitrogen and oxygen atoms in total. The summed E-state index contributed by atoms with van der Waals surface area (Å²) in [5.41, 5.74) is 0. The van der Waals surface area contributed by atoms with Crippen molar-refractivity contribution >= 4 is 0 Å². The Morgan fingerprint density at radius 3 is 1.16 bits per heavy atom. The van der Waals surface area contributed by atoms with Crippen LogP contribution >= 0.6 is 0 Å². The molecule has 3 rings (SSSR count). The van der Waals surface area contributed by atoms with Crippen LogP contribution in [0.4, 0.5) is 0 Å². The van der Waals surface area contributed by atoms with Crippen molar-refractivity contribution in [3.05, 3.63) is 91.0 Å². The van der Waals surface area contributed by atoms with Crippen molar-refractivity contribution in [2.75, 3.05) is 0 Å². The minimum atomic E-state index is -1.28. The van der Waals surface area contributed by atoms with E-state index in [9.17, 15) is 0 Å². The first kappa shape index (κ1) is 28.6. The Labute approximate surface area is 225 Å². The fourth-order valence-electron chi connectivity index (χ4n) is 4.76. The van der Waals surface area contributed by atoms with Crippen LogP contribution in [0.1, 0.15) is 90.9 Å². The third kappa shape index (κ3) is 10.1. The predicted octanol–water partition coefficient (Wildman–Crippen LogP) is 10.2. The molecule has 1 unspecified atom stereocenters. The van der Waals surface area contributed by atoms with Crippen LogP contribution in [-0.2, 0) is 0 Å². The van der Waals surface area contributed by atoms with Crippen LogP contribution in [-0.4, -0.2) is 5.97 Å². The number of benzene rings is 3. The summed E-state index contributed by atoms with van der Waals surface area (Å²) in [5.74, 6) is 1.03. The van der Waals surface area contributed by atoms with Gasteiger partial charge in [-0.05, 0) is 49.2 Å². The molecule has 0 aliphatic heterocycles. The van der Waals surface area contributed by atoms with Gasteiger partial charge in [0.15, 0.2) is 0 Å². The molecule has 0 aliphatic carbocycles. The van der Waals surface area contributed by atoms with E-state index in [4.69, 9.17) is 14.2 Å². The number of unbranched alkanes of at least 4 members (excludes halogenated alkanes) is 8. The molecular weight excluding hydrogens is 456 g/mol. The Kier molecular flexibility index (Phi) is 12.9. The van der Waals surface area contributed by atoms with Crippen molar-refractivity contribution in [3.63, 3.8) is 0 Å². The Morgan fingerprint density at radius 2 is 0.784 bits per heavy atom. The minimum Gasteiger partial charge on any atom is -0.420 e. The fraction of sp³-hybridized carbons (Fsp3) is 0.471. The van der Waals surface area contributed by atoms with Crippen molar-refractivity contribution in [3.8, 4) is 17.2 Å². The monoisotopic (exact) mass is 502 g/mol. The molecule has 0 aliphatic rings. The maximum Gasteiger partial charge on any atom is 0.420 e. The van der Waals surface area contributed by atoms with Crippen LogP contribution in [0.2, 0.25) is 0 Å². The SMILES string of the molecule is CCCCCCCCC(CCCCCC)C(Oc1ccccc1)(Oc1ccccc1)Oc1ccccc1. The largest absolute Gasteiger partial charge is 0.420 e. The number of hydrogen-bond donors (Lipinski definition) is 0. The highest BCUT2D eigenvalue weighted by Gasteiger charge is 2.47. The second-order valence-corrected chi connectivity index (χ2v) is 9.95. The molecular formula is C34H46O3. The van der Waals surface area contributed by atoms with Gasteiger partial charge in [0.25, 0.3) is 0 Å². The molecule has 0 saturated heterocycles. The number of rotatable bonds is 19. The Balaban J connectivity index is 1.95. The molecule has 3 aromatic rings. The van der Waals surface area contributed by atoms with E-state index in [2.05, 4.69) is 13.8 Å². The second-order valence-electron chi connectivity index (χ2n) is 9.95. The summed E-state index contributed by atoms with van der Waals surface area (Å²) < 4.78 is 20.3. The molecule has 0 saturated carbocycles. The lowest BCUT2D eigenvalue weighted by Gasteiger charge is -2.40. The van der Waals surface area contributed by atoms with Gasteiger partial charge in [-0.1, -0.05) is 133 Å². The molecule has 0 heterocycles. The molecule has 0 bridgehead atoms. The van der Waals surface area contributed by atoms with Crippen LogP contribution in [0, 0.1) is 5.92 Å². The summed E-state index contributed by atoms with van der Waals surface area (Å²) in [6.07, 6.45) is 14.3. The summed E-state index contributed by atoms with van der Waals surface area (Å²) in [4.78, 5) is 0. The fourth-order valence-corrected chi connectivity index (χ4v) is 4.76. The van der Waals surface area contributed by atoms with Gasteiger partial charge in [-0.25, -0.2) is 0 Å². The molecule has 0 radical (unpaired) electrons. The van der Waals surface area contributed by atoms with E-state index in [0.29, 0.717) is 0 Å². The molecule has 3 heteroatoms. The van der Waals surface area contributed by atoms with Crippen LogP contribution in [0.25, 0.3) is 0 Å². The average Bonchev–Trinajstić information content (AvgIpc) is 2.93. The second kappa shape index (κ2) is 16.7. The lowest BCUT2D eigenvalue weighted by atomic mass is 9.91. The standard InChI is InChI=1S/C34H46O3/c1-3-5-7-9-10-15-23-30(22-14-8-6-4-2)34(35-31-24-16-11-17-25-31,36-32-26-18-12-19-27-32)37-33-28-20-13-21-29-33/h11-13,16-21,24-30H,3-10,14-15,22-23H2,1-2H3. The first-order valence-corrected chi connectivity index (χ1v) is 14.5. The van der Waals surface area contributed by atoms with Crippen molar-refractivity contribution in [2.45, 2.75) is 96.9 Å². The van der Waals surface area contributed by atoms with E-state index < -0.39 is 5.97 Å². The van der Waals surface area contributed by atoms with E-state index in [1.54, 1.807) is 0 Å². The molecule has 0 spiro atoms. The lowest BCUT2D eigenvalue weighted by Crippen LogP contribution is -2.54. The van der Waals surface area contributed by atoms with Gasteiger partial charge in [-0.15, -0.1) is 0 Å². The van der Waals surface area contributed by atoms with E-state index in [1.165, 1.54) is 51.4 Å². The Bertz CT molecular complexity index is 841. The van der Waals surface area contributed by atoms with Gasteiger partial charge >= 0.3 is 5.97 Å². The highest BCUT2D eigenvalue weighted by molar-refractivity contribution is 5.26. The summed E-state index contributed by atoms with van der Waals surface area (Å²) in [6, 6.07) is 29.9. The molecule has 1 atom stereocenters. The summed E-state index contributed by atoms with van der Waals surface area (Å²) in [7, 11) is 0. The van der Waals surface area contributed by atoms with Gasteiger partial charge in [0.05, 0.1) is 5.92 Å². The van der Waals surface area contributed by atoms with Crippen molar-refractivity contribution in [2.24, 2.45) is 5.92 Å². The maximum absolute atomic E-state index is 6.78. The normalized spacial score (nSPS) is 12.2. The van der Waals surface area contributed by atoms with E-state index >= 15 is 0 Å². The summed E-state index contributed by atoms with van der Waals surface area (Å²) >= 11 is 0. The zero-order chi connectivity index (χ0) is 26.0. The van der Waals surface area contributed by atoms with E-state index in [0.717, 1.165) is 42.9 Å². The Hall–Kier alpha value is -2.94. The smallest absolute Gasteiger partial charge is 0.420 e. The molecule has 0 amide bonds. The van der Waals surface area contributed by atoms with Gasteiger partial charge in [-0.2, -0.15) is 0 Å². The lowest BCUT2D eigenvalue weighted by molar-refractivity contribution is -0.288. The molecule has 0 aromatic heterocycles. The van der Waals surface area contributed by atoms with E-state index in [-0.39, 0.29) is 5.92 Å². The van der Waals surface area contributed by atoms with Gasteiger partial charge in [0.1, 0.15) is 17.2 Å². The highest BCUT2D eigenvalue weighted by atomic mass is 16.9. The van der Waals surface area contributed by atoms with Gasteiger partial charge in [0, 0.05) is 0 Å². The summed E-state index contributed by atoms with van der Waals surface area (Å²) in [5, 5.41) is 0. The van der Waals surface area contributed by atoms with Gasteiger partial charge in [0.2, 0.25) is 0 Å². The zero-order valence-electron chi connectivity index (χ0n) is 22.9. The maximum atomic E-state index is 6.78. The van der Waals surface area contributed by atoms with Gasteiger partial charge < -0.3 is 14.2 Å². The quantitative estimate of drug-likeness (QED) is 0.120. The first-order chi connectivity index (χ1) is 18.3. The van der Waals surface area contributed by atoms with Crippen LogP contribution < -0.4 is 14.2 Å². The molecule has 37 heavy (non-hydrogen) atoms. The predicted molar refractivity (Wildman–Crippen MR) is 154 cm³/mol. The van der Waals surface area contributed by atoms with Crippen molar-refractivity contribution in [1.82, 2.24) is 0 Å². The third-order valence-electron chi connectivity index (χ3n) is 6.82. The first-order valence-electron chi connectivity index (χ1n) is 14.5. The van der Waals surface area contributed by atoms with Crippen LogP contribution in [0.5, 0.6) is 17.2 Å². The topological polar surface area (TPSA) is 27.7 Å². The van der Waals surface area contributed by atoms with Crippen molar-refractivity contribution < 1.29 is 14.2 Å². The summed E-state index contributed by atoms with van der Waals surface area (Å²) in [6.45, 7) is 4.52. The van der Waals surface area contributed by atoms with Crippen LogP contribution in [0.3, 0.4) is 0 Å². The number of ether oxygens (including phenoxy) is 3. The average molecular weight is 503 g/mol. The van der Waals surface area contributed by atoms with Gasteiger partial charge in [-0.3, -0.25) is 0 Å². The minimum absolute atomic E-state index is 0.0659. The zero-order valence-corrected chi connectivity index (χ0v) is 22.9. The molecule has 200 valence electrons.